The maximum absolute atomic E-state index is 12.9. The van der Waals surface area contributed by atoms with E-state index in [1.54, 1.807) is 6.92 Å². The summed E-state index contributed by atoms with van der Waals surface area (Å²) in [5.41, 5.74) is 1.98. The lowest BCUT2D eigenvalue weighted by atomic mass is 10.0. The lowest BCUT2D eigenvalue weighted by Gasteiger charge is -2.36. The summed E-state index contributed by atoms with van der Waals surface area (Å²) in [4.78, 5) is 17.3. The normalized spacial score (nSPS) is 21.1. The molecule has 3 nitrogen and oxygen atoms in total. The number of piperidine rings is 1. The third-order valence-corrected chi connectivity index (χ3v) is 4.00. The minimum Gasteiger partial charge on any atom is -0.326 e. The van der Waals surface area contributed by atoms with Crippen LogP contribution in [0.4, 0.5) is 13.2 Å². The molecule has 0 bridgehead atoms. The average Bonchev–Trinajstić information content (AvgIpc) is 2.73. The van der Waals surface area contributed by atoms with Gasteiger partial charge in [0.05, 0.1) is 11.2 Å². The van der Waals surface area contributed by atoms with E-state index in [4.69, 9.17) is 0 Å². The maximum atomic E-state index is 12.9. The number of nitrogens with zero attached hydrogens (tertiary/aromatic N) is 2. The molecule has 0 radical (unpaired) electrons. The lowest BCUT2D eigenvalue weighted by molar-refractivity contribution is -0.183. The molecule has 2 rings (SSSR count). The summed E-state index contributed by atoms with van der Waals surface area (Å²) in [6.07, 6.45) is -3.23. The van der Waals surface area contributed by atoms with E-state index in [2.05, 4.69) is 4.98 Å². The molecule has 1 saturated heterocycles. The second kappa shape index (κ2) is 4.87. The molecule has 1 fully saturated rings. The summed E-state index contributed by atoms with van der Waals surface area (Å²) in [7, 11) is 0. The Labute approximate surface area is 107 Å². The zero-order valence-electron chi connectivity index (χ0n) is 9.83. The fraction of sp³-hybridized carbons (Fsp3) is 0.636. The number of likely N-dealkylation sites (tertiary alicyclic amines) is 1. The number of carbonyl (C=O) groups is 1. The number of rotatable bonds is 1. The van der Waals surface area contributed by atoms with Gasteiger partial charge in [0.15, 0.2) is 0 Å². The molecular weight excluding hydrogens is 265 g/mol. The van der Waals surface area contributed by atoms with Crippen LogP contribution >= 0.6 is 11.3 Å². The monoisotopic (exact) mass is 278 g/mol. The molecule has 0 aromatic carbocycles. The Bertz CT molecular complexity index is 444. The molecule has 2 heterocycles. The van der Waals surface area contributed by atoms with Gasteiger partial charge in [0, 0.05) is 6.54 Å². The third-order valence-electron chi connectivity index (χ3n) is 3.08. The van der Waals surface area contributed by atoms with Crippen molar-refractivity contribution in [3.8, 4) is 0 Å². The number of aryl methyl sites for hydroxylation is 1. The molecule has 100 valence electrons. The fourth-order valence-corrected chi connectivity index (χ4v) is 2.91. The van der Waals surface area contributed by atoms with Gasteiger partial charge in [0.1, 0.15) is 10.9 Å². The number of amides is 1. The SMILES string of the molecule is Cc1ncsc1C(=O)N1CCCCC1C(F)(F)F. The largest absolute Gasteiger partial charge is 0.408 e. The van der Waals surface area contributed by atoms with Crippen molar-refractivity contribution in [1.29, 1.82) is 0 Å². The number of hydrogen-bond donors (Lipinski definition) is 0. The number of alkyl halides is 3. The van der Waals surface area contributed by atoms with Gasteiger partial charge in [-0.3, -0.25) is 4.79 Å². The molecule has 7 heteroatoms. The zero-order valence-corrected chi connectivity index (χ0v) is 10.6. The van der Waals surface area contributed by atoms with Gasteiger partial charge in [-0.05, 0) is 26.2 Å². The summed E-state index contributed by atoms with van der Waals surface area (Å²) in [6, 6.07) is -1.65. The van der Waals surface area contributed by atoms with Gasteiger partial charge in [0.2, 0.25) is 0 Å². The number of carbonyl (C=O) groups excluding carboxylic acids is 1. The van der Waals surface area contributed by atoms with Crippen LogP contribution in [-0.4, -0.2) is 34.6 Å². The van der Waals surface area contributed by atoms with E-state index in [1.165, 1.54) is 5.51 Å². The lowest BCUT2D eigenvalue weighted by Crippen LogP contribution is -2.51. The van der Waals surface area contributed by atoms with Crippen molar-refractivity contribution in [2.75, 3.05) is 6.54 Å². The van der Waals surface area contributed by atoms with Crippen LogP contribution in [0.5, 0.6) is 0 Å². The van der Waals surface area contributed by atoms with Crippen LogP contribution in [0.25, 0.3) is 0 Å². The Balaban J connectivity index is 2.25. The first-order chi connectivity index (χ1) is 8.41. The van der Waals surface area contributed by atoms with Crippen molar-refractivity contribution < 1.29 is 18.0 Å². The van der Waals surface area contributed by atoms with Crippen LogP contribution in [-0.2, 0) is 0 Å². The van der Waals surface area contributed by atoms with Gasteiger partial charge in [-0.15, -0.1) is 11.3 Å². The van der Waals surface area contributed by atoms with Crippen LogP contribution in [0.15, 0.2) is 5.51 Å². The minimum absolute atomic E-state index is 0.00685. The van der Waals surface area contributed by atoms with E-state index in [1.807, 2.05) is 0 Å². The number of thiazole rings is 1. The summed E-state index contributed by atoms with van der Waals surface area (Å²) < 4.78 is 38.7. The molecular formula is C11H13F3N2OS. The van der Waals surface area contributed by atoms with E-state index in [0.717, 1.165) is 16.2 Å². The standard InChI is InChI=1S/C11H13F3N2OS/c1-7-9(18-6-15-7)10(17)16-5-3-2-4-8(16)11(12,13)14/h6,8H,2-5H2,1H3. The predicted octanol–water partition coefficient (Wildman–Crippen LogP) is 3.01. The topological polar surface area (TPSA) is 33.2 Å². The van der Waals surface area contributed by atoms with Gasteiger partial charge in [-0.2, -0.15) is 13.2 Å². The fourth-order valence-electron chi connectivity index (χ4n) is 2.15. The molecule has 1 amide bonds. The first-order valence-corrected chi connectivity index (χ1v) is 6.57. The first kappa shape index (κ1) is 13.3. The van der Waals surface area contributed by atoms with Crippen molar-refractivity contribution in [2.45, 2.75) is 38.4 Å². The Morgan fingerprint density at radius 1 is 1.50 bits per heavy atom. The second-order valence-corrected chi connectivity index (χ2v) is 5.17. The van der Waals surface area contributed by atoms with Gasteiger partial charge >= 0.3 is 6.18 Å². The van der Waals surface area contributed by atoms with E-state index in [9.17, 15) is 18.0 Å². The summed E-state index contributed by atoms with van der Waals surface area (Å²) in [5.74, 6) is -0.544. The second-order valence-electron chi connectivity index (χ2n) is 4.32. The number of halogens is 3. The highest BCUT2D eigenvalue weighted by molar-refractivity contribution is 7.11. The summed E-state index contributed by atoms with van der Waals surface area (Å²) in [6.45, 7) is 1.80. The van der Waals surface area contributed by atoms with Crippen LogP contribution in [0.3, 0.4) is 0 Å². The molecule has 0 saturated carbocycles. The molecule has 18 heavy (non-hydrogen) atoms. The molecule has 1 atom stereocenters. The van der Waals surface area contributed by atoms with Crippen molar-refractivity contribution in [2.24, 2.45) is 0 Å². The zero-order chi connectivity index (χ0) is 13.3. The molecule has 0 N–H and O–H groups in total. The Morgan fingerprint density at radius 2 is 2.22 bits per heavy atom. The first-order valence-electron chi connectivity index (χ1n) is 5.69. The summed E-state index contributed by atoms with van der Waals surface area (Å²) >= 11 is 1.09. The molecule has 1 aliphatic rings. The van der Waals surface area contributed by atoms with Gasteiger partial charge in [-0.1, -0.05) is 0 Å². The van der Waals surface area contributed by atoms with Gasteiger partial charge in [-0.25, -0.2) is 4.98 Å². The molecule has 1 aromatic heterocycles. The van der Waals surface area contributed by atoms with Crippen molar-refractivity contribution in [1.82, 2.24) is 9.88 Å². The van der Waals surface area contributed by atoms with Crippen molar-refractivity contribution in [3.05, 3.63) is 16.1 Å². The average molecular weight is 278 g/mol. The van der Waals surface area contributed by atoms with E-state index in [-0.39, 0.29) is 13.0 Å². The van der Waals surface area contributed by atoms with Crippen molar-refractivity contribution >= 4 is 17.2 Å². The van der Waals surface area contributed by atoms with Gasteiger partial charge in [0.25, 0.3) is 5.91 Å². The van der Waals surface area contributed by atoms with Crippen LogP contribution in [0.2, 0.25) is 0 Å². The van der Waals surface area contributed by atoms with Crippen LogP contribution < -0.4 is 0 Å². The third kappa shape index (κ3) is 2.50. The smallest absolute Gasteiger partial charge is 0.326 e. The Kier molecular flexibility index (Phi) is 3.61. The quantitative estimate of drug-likeness (QED) is 0.791. The molecule has 1 unspecified atom stereocenters. The number of aromatic nitrogens is 1. The maximum Gasteiger partial charge on any atom is 0.408 e. The summed E-state index contributed by atoms with van der Waals surface area (Å²) in [5, 5.41) is 0. The van der Waals surface area contributed by atoms with E-state index >= 15 is 0 Å². The Morgan fingerprint density at radius 3 is 2.78 bits per heavy atom. The highest BCUT2D eigenvalue weighted by atomic mass is 32.1. The van der Waals surface area contributed by atoms with Crippen LogP contribution in [0.1, 0.15) is 34.6 Å². The number of hydrogen-bond acceptors (Lipinski definition) is 3. The van der Waals surface area contributed by atoms with E-state index in [0.29, 0.717) is 23.4 Å². The molecule has 1 aliphatic heterocycles. The predicted molar refractivity (Wildman–Crippen MR) is 61.6 cm³/mol. The highest BCUT2D eigenvalue weighted by Gasteiger charge is 2.46. The molecule has 1 aromatic rings. The van der Waals surface area contributed by atoms with Crippen LogP contribution in [0, 0.1) is 6.92 Å². The molecule has 0 spiro atoms. The molecule has 0 aliphatic carbocycles. The minimum atomic E-state index is -4.35. The highest BCUT2D eigenvalue weighted by Crippen LogP contribution is 2.33. The van der Waals surface area contributed by atoms with Crippen molar-refractivity contribution in [3.63, 3.8) is 0 Å². The van der Waals surface area contributed by atoms with E-state index < -0.39 is 18.1 Å². The Hall–Kier alpha value is -1.11. The van der Waals surface area contributed by atoms with Gasteiger partial charge < -0.3 is 4.90 Å².